The largest absolute Gasteiger partial charge is 0.469 e. The summed E-state index contributed by atoms with van der Waals surface area (Å²) in [5.74, 6) is -1.49. The Bertz CT molecular complexity index is 1170. The third-order valence-electron chi connectivity index (χ3n) is 5.12. The van der Waals surface area contributed by atoms with Gasteiger partial charge >= 0.3 is 5.97 Å². The molecule has 0 aliphatic carbocycles. The summed E-state index contributed by atoms with van der Waals surface area (Å²) in [4.78, 5) is 49.4. The number of ether oxygens (including phenoxy) is 1. The number of ketones is 2. The van der Waals surface area contributed by atoms with Gasteiger partial charge in [-0.2, -0.15) is 0 Å². The summed E-state index contributed by atoms with van der Waals surface area (Å²) in [7, 11) is 1.20. The Morgan fingerprint density at radius 2 is 1.55 bits per heavy atom. The van der Waals surface area contributed by atoms with Crippen LogP contribution in [0.2, 0.25) is 0 Å². The lowest BCUT2D eigenvalue weighted by atomic mass is 9.93. The lowest BCUT2D eigenvalue weighted by Crippen LogP contribution is -2.18. The quantitative estimate of drug-likeness (QED) is 0.306. The summed E-state index contributed by atoms with van der Waals surface area (Å²) in [5, 5.41) is 2.60. The van der Waals surface area contributed by atoms with Crippen LogP contribution in [0.4, 0.5) is 5.69 Å². The number of anilines is 1. The molecule has 6 nitrogen and oxygen atoms in total. The van der Waals surface area contributed by atoms with Gasteiger partial charge in [0.15, 0.2) is 5.78 Å². The molecule has 0 spiro atoms. The smallest absolute Gasteiger partial charge is 0.315 e. The minimum absolute atomic E-state index is 0.0246. The van der Waals surface area contributed by atoms with E-state index in [-0.39, 0.29) is 24.4 Å². The van der Waals surface area contributed by atoms with E-state index in [1.165, 1.54) is 7.11 Å². The maximum Gasteiger partial charge on any atom is 0.315 e. The van der Waals surface area contributed by atoms with Crippen LogP contribution in [0.1, 0.15) is 39.0 Å². The number of hydrogen-bond acceptors (Lipinski definition) is 5. The Morgan fingerprint density at radius 3 is 2.21 bits per heavy atom. The fraction of sp³-hybridized carbons (Fsp3) is 0.185. The molecule has 6 heteroatoms. The van der Waals surface area contributed by atoms with Gasteiger partial charge in [-0.15, -0.1) is 0 Å². The van der Waals surface area contributed by atoms with Crippen molar-refractivity contribution in [3.05, 3.63) is 101 Å². The monoisotopic (exact) mass is 443 g/mol. The summed E-state index contributed by atoms with van der Waals surface area (Å²) in [5.41, 5.74) is 3.77. The van der Waals surface area contributed by atoms with Crippen molar-refractivity contribution < 1.29 is 23.9 Å². The van der Waals surface area contributed by atoms with Crippen molar-refractivity contribution >= 4 is 29.1 Å². The Hall–Kier alpha value is -4.06. The van der Waals surface area contributed by atoms with Crippen LogP contribution >= 0.6 is 0 Å². The maximum atomic E-state index is 13.2. The molecule has 0 atom stereocenters. The number of benzene rings is 3. The van der Waals surface area contributed by atoms with Crippen LogP contribution in [0.25, 0.3) is 0 Å². The molecule has 3 rings (SSSR count). The van der Waals surface area contributed by atoms with Gasteiger partial charge in [-0.25, -0.2) is 0 Å². The second-order valence-corrected chi connectivity index (χ2v) is 7.75. The molecule has 0 heterocycles. The zero-order chi connectivity index (χ0) is 23.8. The molecule has 0 aromatic heterocycles. The molecule has 0 fully saturated rings. The van der Waals surface area contributed by atoms with Crippen LogP contribution in [0.15, 0.2) is 72.8 Å². The molecule has 1 amide bonds. The normalized spacial score (nSPS) is 10.4. The van der Waals surface area contributed by atoms with E-state index >= 15 is 0 Å². The highest BCUT2D eigenvalue weighted by Crippen LogP contribution is 2.21. The number of carbonyl (C=O) groups excluding carboxylic acids is 4. The number of rotatable bonds is 9. The molecule has 3 aromatic carbocycles. The van der Waals surface area contributed by atoms with Crippen molar-refractivity contribution in [3.8, 4) is 0 Å². The van der Waals surface area contributed by atoms with Gasteiger partial charge in [0, 0.05) is 29.7 Å². The summed E-state index contributed by atoms with van der Waals surface area (Å²) in [6.07, 6.45) is -0.0930. The van der Waals surface area contributed by atoms with Crippen LogP contribution in [-0.2, 0) is 32.0 Å². The average molecular weight is 443 g/mol. The van der Waals surface area contributed by atoms with E-state index in [1.54, 1.807) is 42.5 Å². The number of Topliss-reactive ketones (excluding diaryl/α,β-unsaturated/α-hetero) is 1. The minimum atomic E-state index is -0.661. The van der Waals surface area contributed by atoms with Gasteiger partial charge in [0.25, 0.3) is 0 Å². The molecule has 33 heavy (non-hydrogen) atoms. The fourth-order valence-electron chi connectivity index (χ4n) is 3.38. The number of hydrogen-bond donors (Lipinski definition) is 1. The van der Waals surface area contributed by atoms with Crippen molar-refractivity contribution in [2.45, 2.75) is 26.2 Å². The van der Waals surface area contributed by atoms with Crippen LogP contribution in [-0.4, -0.2) is 30.6 Å². The van der Waals surface area contributed by atoms with Crippen molar-refractivity contribution in [1.82, 2.24) is 0 Å². The molecule has 0 aliphatic heterocycles. The number of amides is 1. The number of carbonyl (C=O) groups is 4. The third kappa shape index (κ3) is 6.71. The van der Waals surface area contributed by atoms with Crippen molar-refractivity contribution in [1.29, 1.82) is 0 Å². The number of esters is 1. The molecular weight excluding hydrogens is 418 g/mol. The molecule has 0 bridgehead atoms. The molecule has 168 valence electrons. The number of nitrogens with one attached hydrogen (secondary N) is 1. The summed E-state index contributed by atoms with van der Waals surface area (Å²) in [6, 6.07) is 21.3. The first-order chi connectivity index (χ1) is 15.9. The van der Waals surface area contributed by atoms with E-state index in [9.17, 15) is 19.2 Å². The zero-order valence-electron chi connectivity index (χ0n) is 18.6. The SMILES string of the molecule is COC(=O)CC(=O)Nc1ccc(CC(=O)Cc2ccc(C)cc2)c(C(=O)c2ccccc2)c1. The summed E-state index contributed by atoms with van der Waals surface area (Å²) >= 11 is 0. The fourth-order valence-corrected chi connectivity index (χ4v) is 3.38. The van der Waals surface area contributed by atoms with Crippen LogP contribution in [0.3, 0.4) is 0 Å². The Morgan fingerprint density at radius 1 is 0.848 bits per heavy atom. The highest BCUT2D eigenvalue weighted by molar-refractivity contribution is 6.11. The van der Waals surface area contributed by atoms with Gasteiger partial charge in [-0.1, -0.05) is 66.2 Å². The number of aryl methyl sites for hydroxylation is 1. The number of methoxy groups -OCH3 is 1. The van der Waals surface area contributed by atoms with Crippen LogP contribution in [0.5, 0.6) is 0 Å². The Labute approximate surface area is 192 Å². The van der Waals surface area contributed by atoms with Crippen LogP contribution in [0, 0.1) is 6.92 Å². The molecule has 1 N–H and O–H groups in total. The van der Waals surface area contributed by atoms with Gasteiger partial charge in [0.1, 0.15) is 12.2 Å². The van der Waals surface area contributed by atoms with Crippen molar-refractivity contribution in [2.75, 3.05) is 12.4 Å². The van der Waals surface area contributed by atoms with E-state index < -0.39 is 18.3 Å². The second-order valence-electron chi connectivity index (χ2n) is 7.75. The lowest BCUT2D eigenvalue weighted by Gasteiger charge is -2.12. The molecule has 0 unspecified atom stereocenters. The first kappa shape index (κ1) is 23.6. The van der Waals surface area contributed by atoms with E-state index in [4.69, 9.17) is 0 Å². The summed E-state index contributed by atoms with van der Waals surface area (Å²) in [6.45, 7) is 1.98. The van der Waals surface area contributed by atoms with Crippen molar-refractivity contribution in [2.24, 2.45) is 0 Å². The molecule has 3 aromatic rings. The highest BCUT2D eigenvalue weighted by Gasteiger charge is 2.18. The highest BCUT2D eigenvalue weighted by atomic mass is 16.5. The molecule has 0 radical (unpaired) electrons. The van der Waals surface area contributed by atoms with E-state index in [0.29, 0.717) is 22.4 Å². The van der Waals surface area contributed by atoms with E-state index in [2.05, 4.69) is 10.1 Å². The van der Waals surface area contributed by atoms with Crippen molar-refractivity contribution in [3.63, 3.8) is 0 Å². The van der Waals surface area contributed by atoms with Gasteiger partial charge in [0.05, 0.1) is 7.11 Å². The molecular formula is C27H25NO5. The Kier molecular flexibility index (Phi) is 7.86. The Balaban J connectivity index is 1.85. The van der Waals surface area contributed by atoms with Gasteiger partial charge in [-0.3, -0.25) is 19.2 Å². The molecule has 0 saturated heterocycles. The summed E-state index contributed by atoms with van der Waals surface area (Å²) < 4.78 is 4.51. The third-order valence-corrected chi connectivity index (χ3v) is 5.12. The maximum absolute atomic E-state index is 13.2. The predicted octanol–water partition coefficient (Wildman–Crippen LogP) is 4.08. The molecule has 0 saturated carbocycles. The molecule has 0 aliphatic rings. The van der Waals surface area contributed by atoms with Gasteiger partial charge < -0.3 is 10.1 Å². The minimum Gasteiger partial charge on any atom is -0.469 e. The van der Waals surface area contributed by atoms with Crippen LogP contribution < -0.4 is 5.32 Å². The predicted molar refractivity (Wildman–Crippen MR) is 125 cm³/mol. The topological polar surface area (TPSA) is 89.5 Å². The first-order valence-electron chi connectivity index (χ1n) is 10.5. The second kappa shape index (κ2) is 11.0. The first-order valence-corrected chi connectivity index (χ1v) is 10.5. The average Bonchev–Trinajstić information content (AvgIpc) is 2.81. The lowest BCUT2D eigenvalue weighted by molar-refractivity contribution is -0.142. The standard InChI is InChI=1S/C27H25NO5/c1-18-8-10-19(11-9-18)14-23(29)15-21-12-13-22(28-25(30)17-26(31)33-2)16-24(21)27(32)20-6-4-3-5-7-20/h3-13,16H,14-15,17H2,1-2H3,(H,28,30). The van der Waals surface area contributed by atoms with E-state index in [0.717, 1.165) is 11.1 Å². The van der Waals surface area contributed by atoms with Gasteiger partial charge in [0.2, 0.25) is 5.91 Å². The van der Waals surface area contributed by atoms with Gasteiger partial charge in [-0.05, 0) is 30.2 Å². The zero-order valence-corrected chi connectivity index (χ0v) is 18.6. The van der Waals surface area contributed by atoms with E-state index in [1.807, 2.05) is 37.3 Å².